The molecule has 110 valence electrons. The smallest absolute Gasteiger partial charge is 0.221 e. The summed E-state index contributed by atoms with van der Waals surface area (Å²) in [6.07, 6.45) is 0. The summed E-state index contributed by atoms with van der Waals surface area (Å²) in [6.45, 7) is 5.83. The summed E-state index contributed by atoms with van der Waals surface area (Å²) in [5, 5.41) is 16.1. The van der Waals surface area contributed by atoms with Crippen molar-refractivity contribution in [3.8, 4) is 5.75 Å². The molecule has 0 unspecified atom stereocenters. The molecule has 0 aliphatic heterocycles. The van der Waals surface area contributed by atoms with E-state index in [-0.39, 0.29) is 5.91 Å². The fourth-order valence-corrected chi connectivity index (χ4v) is 2.12. The Labute approximate surface area is 124 Å². The van der Waals surface area contributed by atoms with Gasteiger partial charge in [0.25, 0.3) is 0 Å². The molecular weight excluding hydrogens is 264 g/mol. The van der Waals surface area contributed by atoms with Crippen molar-refractivity contribution < 1.29 is 9.90 Å². The SMILES string of the molecule is CC(=O)Nc1cc(NCc2cccc(C)c2O)ccc1C. The highest BCUT2D eigenvalue weighted by atomic mass is 16.3. The number of carbonyl (C=O) groups is 1. The number of aromatic hydroxyl groups is 1. The quantitative estimate of drug-likeness (QED) is 0.804. The maximum Gasteiger partial charge on any atom is 0.221 e. The standard InChI is InChI=1S/C17H20N2O2/c1-11-7-8-15(9-16(11)19-13(3)20)18-10-14-6-4-5-12(2)17(14)21/h4-9,18,21H,10H2,1-3H3,(H,19,20). The van der Waals surface area contributed by atoms with Crippen LogP contribution in [0.5, 0.6) is 5.75 Å². The lowest BCUT2D eigenvalue weighted by molar-refractivity contribution is -0.114. The van der Waals surface area contributed by atoms with Crippen LogP contribution in [0.1, 0.15) is 23.6 Å². The largest absolute Gasteiger partial charge is 0.507 e. The van der Waals surface area contributed by atoms with Gasteiger partial charge in [-0.25, -0.2) is 0 Å². The third-order valence-corrected chi connectivity index (χ3v) is 3.35. The van der Waals surface area contributed by atoms with E-state index < -0.39 is 0 Å². The van der Waals surface area contributed by atoms with Crippen LogP contribution in [0.15, 0.2) is 36.4 Å². The lowest BCUT2D eigenvalue weighted by Gasteiger charge is -2.12. The third kappa shape index (κ3) is 3.75. The molecular formula is C17H20N2O2. The number of carbonyl (C=O) groups excluding carboxylic acids is 1. The highest BCUT2D eigenvalue weighted by Crippen LogP contribution is 2.24. The second-order valence-electron chi connectivity index (χ2n) is 5.15. The van der Waals surface area contributed by atoms with Gasteiger partial charge in [0.05, 0.1) is 0 Å². The van der Waals surface area contributed by atoms with Gasteiger partial charge < -0.3 is 15.7 Å². The summed E-state index contributed by atoms with van der Waals surface area (Å²) in [6, 6.07) is 11.5. The summed E-state index contributed by atoms with van der Waals surface area (Å²) in [4.78, 5) is 11.2. The molecule has 0 fully saturated rings. The Morgan fingerprint density at radius 2 is 1.90 bits per heavy atom. The number of hydrogen-bond donors (Lipinski definition) is 3. The second-order valence-corrected chi connectivity index (χ2v) is 5.15. The van der Waals surface area contributed by atoms with Gasteiger partial charge in [0.1, 0.15) is 5.75 Å². The van der Waals surface area contributed by atoms with Crippen molar-refractivity contribution in [2.24, 2.45) is 0 Å². The van der Waals surface area contributed by atoms with Crippen LogP contribution in [-0.2, 0) is 11.3 Å². The molecule has 4 heteroatoms. The van der Waals surface area contributed by atoms with Crippen molar-refractivity contribution in [1.82, 2.24) is 0 Å². The zero-order valence-electron chi connectivity index (χ0n) is 12.5. The van der Waals surface area contributed by atoms with Crippen molar-refractivity contribution in [2.45, 2.75) is 27.3 Å². The van der Waals surface area contributed by atoms with Gasteiger partial charge in [-0.3, -0.25) is 4.79 Å². The van der Waals surface area contributed by atoms with E-state index in [1.165, 1.54) is 6.92 Å². The summed E-state index contributed by atoms with van der Waals surface area (Å²) in [5.74, 6) is 0.228. The molecule has 0 saturated carbocycles. The number of amides is 1. The Morgan fingerprint density at radius 1 is 1.14 bits per heavy atom. The van der Waals surface area contributed by atoms with Gasteiger partial charge in [-0.1, -0.05) is 24.3 Å². The summed E-state index contributed by atoms with van der Waals surface area (Å²) in [7, 11) is 0. The van der Waals surface area contributed by atoms with E-state index in [4.69, 9.17) is 0 Å². The number of para-hydroxylation sites is 1. The summed E-state index contributed by atoms with van der Waals surface area (Å²) in [5.41, 5.74) is 4.40. The van der Waals surface area contributed by atoms with Crippen molar-refractivity contribution in [3.05, 3.63) is 53.1 Å². The first-order valence-corrected chi connectivity index (χ1v) is 6.87. The summed E-state index contributed by atoms with van der Waals surface area (Å²) >= 11 is 0. The number of anilines is 2. The van der Waals surface area contributed by atoms with Gasteiger partial charge in [0, 0.05) is 30.4 Å². The third-order valence-electron chi connectivity index (χ3n) is 3.35. The molecule has 0 saturated heterocycles. The topological polar surface area (TPSA) is 61.4 Å². The monoisotopic (exact) mass is 284 g/mol. The molecule has 0 aromatic heterocycles. The molecule has 21 heavy (non-hydrogen) atoms. The minimum Gasteiger partial charge on any atom is -0.507 e. The van der Waals surface area contributed by atoms with E-state index in [1.807, 2.05) is 50.2 Å². The zero-order chi connectivity index (χ0) is 15.4. The molecule has 1 amide bonds. The number of rotatable bonds is 4. The van der Waals surface area contributed by atoms with Gasteiger partial charge in [0.2, 0.25) is 5.91 Å². The molecule has 2 rings (SSSR count). The second kappa shape index (κ2) is 6.31. The van der Waals surface area contributed by atoms with Crippen LogP contribution in [0.3, 0.4) is 0 Å². The number of aryl methyl sites for hydroxylation is 2. The van der Waals surface area contributed by atoms with E-state index >= 15 is 0 Å². The maximum absolute atomic E-state index is 11.2. The van der Waals surface area contributed by atoms with Crippen LogP contribution in [0.4, 0.5) is 11.4 Å². The molecule has 2 aromatic rings. The Bertz CT molecular complexity index is 666. The molecule has 0 bridgehead atoms. The van der Waals surface area contributed by atoms with Crippen molar-refractivity contribution in [1.29, 1.82) is 0 Å². The lowest BCUT2D eigenvalue weighted by atomic mass is 10.1. The number of hydrogen-bond acceptors (Lipinski definition) is 3. The van der Waals surface area contributed by atoms with Gasteiger partial charge >= 0.3 is 0 Å². The highest BCUT2D eigenvalue weighted by Gasteiger charge is 2.05. The zero-order valence-corrected chi connectivity index (χ0v) is 12.5. The van der Waals surface area contributed by atoms with Crippen LogP contribution >= 0.6 is 0 Å². The predicted molar refractivity (Wildman–Crippen MR) is 85.7 cm³/mol. The first-order chi connectivity index (χ1) is 9.97. The lowest BCUT2D eigenvalue weighted by Crippen LogP contribution is -2.08. The fourth-order valence-electron chi connectivity index (χ4n) is 2.12. The van der Waals surface area contributed by atoms with Crippen molar-refractivity contribution >= 4 is 17.3 Å². The normalized spacial score (nSPS) is 10.2. The molecule has 0 aliphatic carbocycles. The maximum atomic E-state index is 11.2. The predicted octanol–water partition coefficient (Wildman–Crippen LogP) is 3.58. The van der Waals surface area contributed by atoms with Crippen molar-refractivity contribution in [3.63, 3.8) is 0 Å². The van der Waals surface area contributed by atoms with E-state index in [0.29, 0.717) is 12.3 Å². The van der Waals surface area contributed by atoms with Gasteiger partial charge in [-0.05, 0) is 37.1 Å². The number of phenolic OH excluding ortho intramolecular Hbond substituents is 1. The minimum atomic E-state index is -0.0911. The number of phenols is 1. The van der Waals surface area contributed by atoms with Crippen LogP contribution < -0.4 is 10.6 Å². The number of benzene rings is 2. The first kappa shape index (κ1) is 14.9. The van der Waals surface area contributed by atoms with Crippen LogP contribution in [-0.4, -0.2) is 11.0 Å². The average molecular weight is 284 g/mol. The fraction of sp³-hybridized carbons (Fsp3) is 0.235. The van der Waals surface area contributed by atoms with E-state index in [2.05, 4.69) is 10.6 Å². The van der Waals surface area contributed by atoms with Gasteiger partial charge in [-0.15, -0.1) is 0 Å². The van der Waals surface area contributed by atoms with Gasteiger partial charge in [-0.2, -0.15) is 0 Å². The van der Waals surface area contributed by atoms with Gasteiger partial charge in [0.15, 0.2) is 0 Å². The molecule has 0 aliphatic rings. The molecule has 0 heterocycles. The molecule has 0 radical (unpaired) electrons. The first-order valence-electron chi connectivity index (χ1n) is 6.87. The Balaban J connectivity index is 2.13. The van der Waals surface area contributed by atoms with Crippen LogP contribution in [0.25, 0.3) is 0 Å². The Morgan fingerprint density at radius 3 is 2.62 bits per heavy atom. The highest BCUT2D eigenvalue weighted by molar-refractivity contribution is 5.90. The van der Waals surface area contributed by atoms with E-state index in [1.54, 1.807) is 0 Å². The van der Waals surface area contributed by atoms with Crippen LogP contribution in [0, 0.1) is 13.8 Å². The Hall–Kier alpha value is -2.49. The number of nitrogens with one attached hydrogen (secondary N) is 2. The van der Waals surface area contributed by atoms with E-state index in [0.717, 1.165) is 28.1 Å². The van der Waals surface area contributed by atoms with Crippen LogP contribution in [0.2, 0.25) is 0 Å². The molecule has 2 aromatic carbocycles. The minimum absolute atomic E-state index is 0.0911. The molecule has 3 N–H and O–H groups in total. The Kier molecular flexibility index (Phi) is 4.48. The average Bonchev–Trinajstić information content (AvgIpc) is 2.43. The van der Waals surface area contributed by atoms with Crippen molar-refractivity contribution in [2.75, 3.05) is 10.6 Å². The summed E-state index contributed by atoms with van der Waals surface area (Å²) < 4.78 is 0. The molecule has 0 atom stereocenters. The van der Waals surface area contributed by atoms with E-state index in [9.17, 15) is 9.90 Å². The molecule has 4 nitrogen and oxygen atoms in total. The molecule has 0 spiro atoms.